The number of nitrogens with zero attached hydrogens (tertiary/aromatic N) is 3. The Kier molecular flexibility index (Phi) is 4.83. The van der Waals surface area contributed by atoms with Crippen LogP contribution in [0, 0.1) is 6.92 Å². The first-order valence-corrected chi connectivity index (χ1v) is 9.24. The lowest BCUT2D eigenvalue weighted by Gasteiger charge is -2.30. The predicted octanol–water partition coefficient (Wildman–Crippen LogP) is 3.80. The molecule has 27 heavy (non-hydrogen) atoms. The van der Waals surface area contributed by atoms with Crippen molar-refractivity contribution in [3.63, 3.8) is 0 Å². The van der Waals surface area contributed by atoms with E-state index in [0.717, 1.165) is 36.5 Å². The Morgan fingerprint density at radius 1 is 1.07 bits per heavy atom. The van der Waals surface area contributed by atoms with Crippen LogP contribution in [0.25, 0.3) is 0 Å². The lowest BCUT2D eigenvalue weighted by Crippen LogP contribution is -2.28. The number of hydrogen-bond acceptors (Lipinski definition) is 4. The first-order valence-electron chi connectivity index (χ1n) is 9.24. The van der Waals surface area contributed by atoms with E-state index in [0.29, 0.717) is 18.1 Å². The van der Waals surface area contributed by atoms with Gasteiger partial charge in [-0.05, 0) is 37.0 Å². The van der Waals surface area contributed by atoms with Crippen molar-refractivity contribution in [3.8, 4) is 0 Å². The molecule has 0 saturated heterocycles. The van der Waals surface area contributed by atoms with Gasteiger partial charge in [-0.25, -0.2) is 9.97 Å². The Hall–Kier alpha value is -3.21. The van der Waals surface area contributed by atoms with E-state index in [1.165, 1.54) is 5.56 Å². The quantitative estimate of drug-likeness (QED) is 0.771. The molecule has 5 nitrogen and oxygen atoms in total. The SMILES string of the molecule is Cc1nc(C(=O)NCc2ccccc2)cc(N2CCCc3ccccc32)n1. The molecule has 1 aliphatic heterocycles. The van der Waals surface area contributed by atoms with Crippen molar-refractivity contribution < 1.29 is 4.79 Å². The summed E-state index contributed by atoms with van der Waals surface area (Å²) in [5, 5.41) is 2.94. The van der Waals surface area contributed by atoms with E-state index in [1.807, 2.05) is 43.3 Å². The van der Waals surface area contributed by atoms with Crippen molar-refractivity contribution in [2.45, 2.75) is 26.3 Å². The van der Waals surface area contributed by atoms with E-state index >= 15 is 0 Å². The number of hydrogen-bond donors (Lipinski definition) is 1. The number of amides is 1. The zero-order valence-electron chi connectivity index (χ0n) is 15.4. The minimum Gasteiger partial charge on any atom is -0.347 e. The average Bonchev–Trinajstić information content (AvgIpc) is 2.72. The van der Waals surface area contributed by atoms with Crippen LogP contribution in [0.15, 0.2) is 60.7 Å². The van der Waals surface area contributed by atoms with Crippen molar-refractivity contribution >= 4 is 17.4 Å². The number of benzene rings is 2. The second kappa shape index (κ2) is 7.58. The van der Waals surface area contributed by atoms with Gasteiger partial charge in [0.1, 0.15) is 17.3 Å². The van der Waals surface area contributed by atoms with E-state index in [2.05, 4.69) is 38.4 Å². The van der Waals surface area contributed by atoms with E-state index in [-0.39, 0.29) is 5.91 Å². The van der Waals surface area contributed by atoms with Crippen molar-refractivity contribution in [2.75, 3.05) is 11.4 Å². The Bertz CT molecular complexity index is 956. The summed E-state index contributed by atoms with van der Waals surface area (Å²) in [5.74, 6) is 1.19. The lowest BCUT2D eigenvalue weighted by molar-refractivity contribution is 0.0945. The second-order valence-electron chi connectivity index (χ2n) is 6.71. The molecule has 1 amide bonds. The summed E-state index contributed by atoms with van der Waals surface area (Å²) in [6, 6.07) is 20.0. The number of rotatable bonds is 4. The number of fused-ring (bicyclic) bond motifs is 1. The number of nitrogens with one attached hydrogen (secondary N) is 1. The molecule has 2 aromatic carbocycles. The predicted molar refractivity (Wildman–Crippen MR) is 106 cm³/mol. The maximum absolute atomic E-state index is 12.6. The number of aromatic nitrogens is 2. The van der Waals surface area contributed by atoms with Crippen LogP contribution in [0.1, 0.15) is 33.9 Å². The van der Waals surface area contributed by atoms with Gasteiger partial charge in [0.2, 0.25) is 0 Å². The van der Waals surface area contributed by atoms with Crippen LogP contribution < -0.4 is 10.2 Å². The smallest absolute Gasteiger partial charge is 0.270 e. The molecule has 1 aromatic heterocycles. The largest absolute Gasteiger partial charge is 0.347 e. The van der Waals surface area contributed by atoms with E-state index in [9.17, 15) is 4.79 Å². The summed E-state index contributed by atoms with van der Waals surface area (Å²) in [5.41, 5.74) is 3.94. The third-order valence-corrected chi connectivity index (χ3v) is 4.74. The summed E-state index contributed by atoms with van der Waals surface area (Å²) in [4.78, 5) is 23.8. The van der Waals surface area contributed by atoms with Crippen LogP contribution in [-0.4, -0.2) is 22.4 Å². The highest BCUT2D eigenvalue weighted by Gasteiger charge is 2.21. The molecule has 0 bridgehead atoms. The monoisotopic (exact) mass is 358 g/mol. The van der Waals surface area contributed by atoms with Crippen LogP contribution in [0.2, 0.25) is 0 Å². The molecule has 5 heteroatoms. The van der Waals surface area contributed by atoms with Gasteiger partial charge in [0.25, 0.3) is 5.91 Å². The van der Waals surface area contributed by atoms with Crippen LogP contribution in [-0.2, 0) is 13.0 Å². The minimum atomic E-state index is -0.184. The van der Waals surface area contributed by atoms with Gasteiger partial charge in [0.15, 0.2) is 0 Å². The van der Waals surface area contributed by atoms with Gasteiger partial charge in [0, 0.05) is 24.8 Å². The van der Waals surface area contributed by atoms with Crippen LogP contribution >= 0.6 is 0 Å². The molecule has 0 radical (unpaired) electrons. The molecular formula is C22H22N4O. The van der Waals surface area contributed by atoms with Gasteiger partial charge < -0.3 is 10.2 Å². The van der Waals surface area contributed by atoms with Gasteiger partial charge in [-0.15, -0.1) is 0 Å². The molecule has 0 atom stereocenters. The molecular weight excluding hydrogens is 336 g/mol. The lowest BCUT2D eigenvalue weighted by atomic mass is 10.0. The van der Waals surface area contributed by atoms with Crippen LogP contribution in [0.5, 0.6) is 0 Å². The molecule has 0 aliphatic carbocycles. The second-order valence-corrected chi connectivity index (χ2v) is 6.71. The highest BCUT2D eigenvalue weighted by Crippen LogP contribution is 2.32. The van der Waals surface area contributed by atoms with Crippen molar-refractivity contribution in [3.05, 3.63) is 83.3 Å². The Morgan fingerprint density at radius 2 is 1.85 bits per heavy atom. The molecule has 2 heterocycles. The van der Waals surface area contributed by atoms with E-state index in [1.54, 1.807) is 6.07 Å². The zero-order valence-corrected chi connectivity index (χ0v) is 15.4. The summed E-state index contributed by atoms with van der Waals surface area (Å²) in [6.45, 7) is 3.19. The summed E-state index contributed by atoms with van der Waals surface area (Å²) in [6.07, 6.45) is 2.14. The zero-order chi connectivity index (χ0) is 18.6. The van der Waals surface area contributed by atoms with Gasteiger partial charge in [-0.2, -0.15) is 0 Å². The van der Waals surface area contributed by atoms with Crippen LogP contribution in [0.3, 0.4) is 0 Å². The van der Waals surface area contributed by atoms with E-state index < -0.39 is 0 Å². The third-order valence-electron chi connectivity index (χ3n) is 4.74. The highest BCUT2D eigenvalue weighted by molar-refractivity contribution is 5.93. The molecule has 136 valence electrons. The minimum absolute atomic E-state index is 0.184. The third kappa shape index (κ3) is 3.82. The van der Waals surface area contributed by atoms with Gasteiger partial charge in [-0.1, -0.05) is 48.5 Å². The molecule has 0 saturated carbocycles. The van der Waals surface area contributed by atoms with Crippen molar-refractivity contribution in [1.29, 1.82) is 0 Å². The standard InChI is InChI=1S/C22H22N4O/c1-16-24-19(22(27)23-15-17-8-3-2-4-9-17)14-21(25-16)26-13-7-11-18-10-5-6-12-20(18)26/h2-6,8-10,12,14H,7,11,13,15H2,1H3,(H,23,27). The molecule has 1 N–H and O–H groups in total. The Balaban J connectivity index is 1.58. The maximum atomic E-state index is 12.6. The van der Waals surface area contributed by atoms with Crippen molar-refractivity contribution in [1.82, 2.24) is 15.3 Å². The molecule has 0 unspecified atom stereocenters. The fourth-order valence-corrected chi connectivity index (χ4v) is 3.45. The Morgan fingerprint density at radius 3 is 2.70 bits per heavy atom. The number of para-hydroxylation sites is 1. The summed E-state index contributed by atoms with van der Waals surface area (Å²) >= 11 is 0. The van der Waals surface area contributed by atoms with E-state index in [4.69, 9.17) is 0 Å². The molecule has 3 aromatic rings. The number of anilines is 2. The molecule has 0 fully saturated rings. The molecule has 1 aliphatic rings. The topological polar surface area (TPSA) is 58.1 Å². The fourth-order valence-electron chi connectivity index (χ4n) is 3.45. The summed E-state index contributed by atoms with van der Waals surface area (Å²) in [7, 11) is 0. The van der Waals surface area contributed by atoms with Gasteiger partial charge in [-0.3, -0.25) is 4.79 Å². The normalized spacial score (nSPS) is 13.1. The maximum Gasteiger partial charge on any atom is 0.270 e. The van der Waals surface area contributed by atoms with Gasteiger partial charge >= 0.3 is 0 Å². The van der Waals surface area contributed by atoms with Crippen molar-refractivity contribution in [2.24, 2.45) is 0 Å². The number of carbonyl (C=O) groups is 1. The summed E-state index contributed by atoms with van der Waals surface area (Å²) < 4.78 is 0. The average molecular weight is 358 g/mol. The number of aryl methyl sites for hydroxylation is 2. The van der Waals surface area contributed by atoms with Gasteiger partial charge in [0.05, 0.1) is 0 Å². The Labute approximate surface area is 159 Å². The fraction of sp³-hybridized carbons (Fsp3) is 0.227. The molecule has 4 rings (SSSR count). The first-order chi connectivity index (χ1) is 13.2. The first kappa shape index (κ1) is 17.2. The molecule has 0 spiro atoms. The highest BCUT2D eigenvalue weighted by atomic mass is 16.1. The van der Waals surface area contributed by atoms with Crippen LogP contribution in [0.4, 0.5) is 11.5 Å². The number of carbonyl (C=O) groups excluding carboxylic acids is 1.